The van der Waals surface area contributed by atoms with E-state index >= 15 is 0 Å². The van der Waals surface area contributed by atoms with Crippen molar-refractivity contribution in [3.8, 4) is 0 Å². The van der Waals surface area contributed by atoms with Crippen LogP contribution in [0.1, 0.15) is 0 Å². The van der Waals surface area contributed by atoms with Gasteiger partial charge in [-0.2, -0.15) is 4.98 Å². The number of hydrogen-bond acceptors (Lipinski definition) is 4. The summed E-state index contributed by atoms with van der Waals surface area (Å²) < 4.78 is 1.81. The Hall–Kier alpha value is -1.45. The molecule has 0 N–H and O–H groups in total. The summed E-state index contributed by atoms with van der Waals surface area (Å²) in [6.45, 7) is 0. The maximum Gasteiger partial charge on any atom is 0.242 e. The van der Waals surface area contributed by atoms with Gasteiger partial charge < -0.3 is 0 Å². The normalized spacial score (nSPS) is 9.82. The molecular weight excluding hydrogens is 162 g/mol. The molecular formula is C6H3N3OS. The third-order valence-electron chi connectivity index (χ3n) is 1.24. The second kappa shape index (κ2) is 2.30. The highest BCUT2D eigenvalue weighted by molar-refractivity contribution is 7.15. The van der Waals surface area contributed by atoms with Crippen LogP contribution >= 0.6 is 11.3 Å². The van der Waals surface area contributed by atoms with Crippen molar-refractivity contribution >= 4 is 28.2 Å². The van der Waals surface area contributed by atoms with E-state index in [9.17, 15) is 4.79 Å². The smallest absolute Gasteiger partial charge is 0.242 e. The molecule has 0 saturated carbocycles. The Balaban J connectivity index is 2.67. The molecule has 0 atom stereocenters. The highest BCUT2D eigenvalue weighted by Gasteiger charge is 1.98. The van der Waals surface area contributed by atoms with E-state index in [0.29, 0.717) is 5.82 Å². The van der Waals surface area contributed by atoms with Crippen LogP contribution < -0.4 is 0 Å². The molecule has 2 rings (SSSR count). The van der Waals surface area contributed by atoms with Gasteiger partial charge in [0.25, 0.3) is 0 Å². The first-order chi connectivity index (χ1) is 5.40. The molecule has 0 aromatic carbocycles. The summed E-state index contributed by atoms with van der Waals surface area (Å²) in [4.78, 5) is 18.1. The SMILES string of the molecule is O=C=Nc1cn2ccsc2n1. The molecule has 4 nitrogen and oxygen atoms in total. The monoisotopic (exact) mass is 165 g/mol. The minimum Gasteiger partial charge on any atom is -0.295 e. The van der Waals surface area contributed by atoms with Crippen LogP contribution in [0.4, 0.5) is 5.82 Å². The van der Waals surface area contributed by atoms with Crippen LogP contribution in [0.3, 0.4) is 0 Å². The lowest BCUT2D eigenvalue weighted by Gasteiger charge is -1.72. The van der Waals surface area contributed by atoms with Gasteiger partial charge in [0.2, 0.25) is 6.08 Å². The third kappa shape index (κ3) is 0.960. The summed E-state index contributed by atoms with van der Waals surface area (Å²) in [5.74, 6) is 0.409. The van der Waals surface area contributed by atoms with E-state index in [1.165, 1.54) is 17.4 Å². The topological polar surface area (TPSA) is 46.7 Å². The van der Waals surface area contributed by atoms with Gasteiger partial charge in [-0.1, -0.05) is 0 Å². The lowest BCUT2D eigenvalue weighted by Crippen LogP contribution is -1.66. The Morgan fingerprint density at radius 2 is 2.64 bits per heavy atom. The molecule has 0 unspecified atom stereocenters. The number of nitrogens with zero attached hydrogens (tertiary/aromatic N) is 3. The number of aromatic nitrogens is 2. The summed E-state index contributed by atoms with van der Waals surface area (Å²) in [6, 6.07) is 0. The van der Waals surface area contributed by atoms with Crippen molar-refractivity contribution in [3.05, 3.63) is 17.8 Å². The number of fused-ring (bicyclic) bond motifs is 1. The molecule has 0 fully saturated rings. The summed E-state index contributed by atoms with van der Waals surface area (Å²) in [5, 5.41) is 1.91. The van der Waals surface area contributed by atoms with E-state index in [1.807, 2.05) is 11.6 Å². The number of carbonyl (C=O) groups excluding carboxylic acids is 1. The number of rotatable bonds is 1. The van der Waals surface area contributed by atoms with Crippen LogP contribution in [0.5, 0.6) is 0 Å². The average molecular weight is 165 g/mol. The van der Waals surface area contributed by atoms with Crippen LogP contribution in [0, 0.1) is 0 Å². The lowest BCUT2D eigenvalue weighted by molar-refractivity contribution is 0.565. The average Bonchev–Trinajstić information content (AvgIpc) is 2.46. The Bertz CT molecular complexity index is 395. The van der Waals surface area contributed by atoms with Crippen molar-refractivity contribution in [2.45, 2.75) is 0 Å². The first-order valence-electron chi connectivity index (χ1n) is 2.90. The van der Waals surface area contributed by atoms with E-state index in [2.05, 4.69) is 9.98 Å². The first kappa shape index (κ1) is 6.27. The quantitative estimate of drug-likeness (QED) is 0.473. The Kier molecular flexibility index (Phi) is 1.31. The zero-order valence-corrected chi connectivity index (χ0v) is 6.21. The molecule has 0 saturated heterocycles. The zero-order valence-electron chi connectivity index (χ0n) is 5.39. The third-order valence-corrected chi connectivity index (χ3v) is 2.01. The zero-order chi connectivity index (χ0) is 7.68. The number of aliphatic imine (C=N–C) groups is 1. The largest absolute Gasteiger partial charge is 0.295 e. The molecule has 0 aliphatic heterocycles. The molecule has 0 radical (unpaired) electrons. The fourth-order valence-electron chi connectivity index (χ4n) is 0.816. The molecule has 2 aromatic heterocycles. The van der Waals surface area contributed by atoms with Gasteiger partial charge in [-0.3, -0.25) is 4.40 Å². The van der Waals surface area contributed by atoms with Gasteiger partial charge in [0.1, 0.15) is 0 Å². The van der Waals surface area contributed by atoms with E-state index in [0.717, 1.165) is 4.96 Å². The standard InChI is InChI=1S/C6H3N3OS/c10-4-7-5-3-9-1-2-11-6(9)8-5/h1-3H. The van der Waals surface area contributed by atoms with Crippen LogP contribution in [0.2, 0.25) is 0 Å². The van der Waals surface area contributed by atoms with Gasteiger partial charge in [-0.15, -0.1) is 16.3 Å². The van der Waals surface area contributed by atoms with E-state index in [1.54, 1.807) is 10.6 Å². The highest BCUT2D eigenvalue weighted by Crippen LogP contribution is 2.15. The predicted molar refractivity (Wildman–Crippen MR) is 40.9 cm³/mol. The minimum absolute atomic E-state index is 0.409. The molecule has 2 heterocycles. The summed E-state index contributed by atoms with van der Waals surface area (Å²) in [5.41, 5.74) is 0. The Morgan fingerprint density at radius 3 is 3.36 bits per heavy atom. The Morgan fingerprint density at radius 1 is 1.73 bits per heavy atom. The van der Waals surface area contributed by atoms with Crippen molar-refractivity contribution in [3.63, 3.8) is 0 Å². The molecule has 11 heavy (non-hydrogen) atoms. The van der Waals surface area contributed by atoms with Gasteiger partial charge in [0, 0.05) is 11.6 Å². The number of hydrogen-bond donors (Lipinski definition) is 0. The number of thiazole rings is 1. The first-order valence-corrected chi connectivity index (χ1v) is 3.78. The van der Waals surface area contributed by atoms with Gasteiger partial charge in [-0.25, -0.2) is 4.79 Å². The maximum absolute atomic E-state index is 9.84. The molecule has 0 aliphatic carbocycles. The lowest BCUT2D eigenvalue weighted by atomic mass is 10.8. The van der Waals surface area contributed by atoms with Crippen molar-refractivity contribution in [2.24, 2.45) is 4.99 Å². The van der Waals surface area contributed by atoms with Gasteiger partial charge >= 0.3 is 0 Å². The molecule has 0 bridgehead atoms. The fourth-order valence-corrected chi connectivity index (χ4v) is 1.51. The van der Waals surface area contributed by atoms with Crippen LogP contribution in [0.15, 0.2) is 22.8 Å². The van der Waals surface area contributed by atoms with Crippen molar-refractivity contribution in [1.82, 2.24) is 9.38 Å². The second-order valence-corrected chi connectivity index (χ2v) is 2.77. The minimum atomic E-state index is 0.409. The van der Waals surface area contributed by atoms with Gasteiger partial charge in [-0.05, 0) is 0 Å². The van der Waals surface area contributed by atoms with Crippen LogP contribution in [-0.2, 0) is 4.79 Å². The molecule has 0 aliphatic rings. The molecule has 54 valence electrons. The number of imidazole rings is 1. The van der Waals surface area contributed by atoms with Crippen molar-refractivity contribution < 1.29 is 4.79 Å². The summed E-state index contributed by atoms with van der Waals surface area (Å²) in [7, 11) is 0. The van der Waals surface area contributed by atoms with Crippen LogP contribution in [0.25, 0.3) is 4.96 Å². The van der Waals surface area contributed by atoms with E-state index < -0.39 is 0 Å². The van der Waals surface area contributed by atoms with Gasteiger partial charge in [0.05, 0.1) is 6.20 Å². The Labute approximate surface area is 65.8 Å². The maximum atomic E-state index is 9.84. The van der Waals surface area contributed by atoms with Gasteiger partial charge in [0.15, 0.2) is 10.8 Å². The summed E-state index contributed by atoms with van der Waals surface area (Å²) >= 11 is 1.50. The van der Waals surface area contributed by atoms with Crippen molar-refractivity contribution in [2.75, 3.05) is 0 Å². The summed E-state index contributed by atoms with van der Waals surface area (Å²) in [6.07, 6.45) is 4.97. The molecule has 0 spiro atoms. The molecule has 5 heteroatoms. The van der Waals surface area contributed by atoms with Crippen LogP contribution in [-0.4, -0.2) is 15.5 Å². The number of isocyanates is 1. The van der Waals surface area contributed by atoms with E-state index in [4.69, 9.17) is 0 Å². The molecule has 2 aromatic rings. The highest BCUT2D eigenvalue weighted by atomic mass is 32.1. The second-order valence-electron chi connectivity index (χ2n) is 1.90. The van der Waals surface area contributed by atoms with E-state index in [-0.39, 0.29) is 0 Å². The van der Waals surface area contributed by atoms with Crippen molar-refractivity contribution in [1.29, 1.82) is 0 Å². The fraction of sp³-hybridized carbons (Fsp3) is 0. The molecule has 0 amide bonds. The predicted octanol–water partition coefficient (Wildman–Crippen LogP) is 1.36.